The summed E-state index contributed by atoms with van der Waals surface area (Å²) in [7, 11) is 1.64. The van der Waals surface area contributed by atoms with E-state index in [-0.39, 0.29) is 29.3 Å². The molecule has 0 saturated carbocycles. The number of anilines is 1. The number of likely N-dealkylation sites (N-methyl/N-ethyl adjacent to an activating group) is 1. The monoisotopic (exact) mass is 469 g/mol. The fourth-order valence-electron chi connectivity index (χ4n) is 3.38. The Morgan fingerprint density at radius 3 is 2.55 bits per heavy atom. The van der Waals surface area contributed by atoms with Gasteiger partial charge in [-0.15, -0.1) is 0 Å². The average molecular weight is 470 g/mol. The van der Waals surface area contributed by atoms with E-state index in [1.54, 1.807) is 25.4 Å². The van der Waals surface area contributed by atoms with E-state index in [4.69, 9.17) is 11.6 Å². The molecule has 0 unspecified atom stereocenters. The number of halogens is 3. The maximum atomic E-state index is 13.5. The molecular weight excluding hydrogens is 452 g/mol. The lowest BCUT2D eigenvalue weighted by Crippen LogP contribution is -2.25. The molecule has 2 aromatic heterocycles. The van der Waals surface area contributed by atoms with E-state index >= 15 is 0 Å². The molecule has 0 atom stereocenters. The van der Waals surface area contributed by atoms with Crippen molar-refractivity contribution >= 4 is 34.1 Å². The molecule has 0 aliphatic carbocycles. The predicted octanol–water partition coefficient (Wildman–Crippen LogP) is 3.67. The molecule has 0 spiro atoms. The lowest BCUT2D eigenvalue weighted by atomic mass is 10.1. The highest BCUT2D eigenvalue weighted by molar-refractivity contribution is 6.32. The predicted molar refractivity (Wildman–Crippen MR) is 122 cm³/mol. The van der Waals surface area contributed by atoms with Crippen LogP contribution in [0.3, 0.4) is 0 Å². The third kappa shape index (κ3) is 5.21. The van der Waals surface area contributed by atoms with E-state index in [2.05, 4.69) is 25.6 Å². The van der Waals surface area contributed by atoms with Gasteiger partial charge in [0.25, 0.3) is 5.56 Å². The summed E-state index contributed by atoms with van der Waals surface area (Å²) in [6.07, 6.45) is 1.78. The van der Waals surface area contributed by atoms with Gasteiger partial charge in [0.15, 0.2) is 0 Å². The van der Waals surface area contributed by atoms with Crippen LogP contribution in [0.2, 0.25) is 5.02 Å². The maximum absolute atomic E-state index is 13.5. The van der Waals surface area contributed by atoms with Crippen LogP contribution in [0, 0.1) is 11.6 Å². The van der Waals surface area contributed by atoms with Crippen LogP contribution in [0.15, 0.2) is 53.5 Å². The first-order valence-electron chi connectivity index (χ1n) is 9.90. The number of hydrogen-bond acceptors (Lipinski definition) is 5. The summed E-state index contributed by atoms with van der Waals surface area (Å²) in [4.78, 5) is 36.2. The summed E-state index contributed by atoms with van der Waals surface area (Å²) in [6.45, 7) is 0.0806. The highest BCUT2D eigenvalue weighted by Gasteiger charge is 2.13. The Morgan fingerprint density at radius 1 is 1.12 bits per heavy atom. The first-order chi connectivity index (χ1) is 15.8. The van der Waals surface area contributed by atoms with Crippen molar-refractivity contribution in [3.8, 4) is 11.3 Å². The fraction of sp³-hybridized carbons (Fsp3) is 0.130. The van der Waals surface area contributed by atoms with Gasteiger partial charge in [-0.3, -0.25) is 14.6 Å². The zero-order chi connectivity index (χ0) is 23.5. The molecular formula is C23H18ClF2N5O2. The van der Waals surface area contributed by atoms with Gasteiger partial charge in [-0.1, -0.05) is 17.7 Å². The van der Waals surface area contributed by atoms with Crippen LogP contribution >= 0.6 is 11.6 Å². The largest absolute Gasteiger partial charge is 0.323 e. The minimum atomic E-state index is -0.688. The van der Waals surface area contributed by atoms with Crippen molar-refractivity contribution < 1.29 is 13.6 Å². The second-order valence-electron chi connectivity index (χ2n) is 7.33. The molecule has 2 aromatic carbocycles. The van der Waals surface area contributed by atoms with E-state index < -0.39 is 17.2 Å². The number of amides is 1. The summed E-state index contributed by atoms with van der Waals surface area (Å²) in [5.41, 5.74) is 1.67. The van der Waals surface area contributed by atoms with Gasteiger partial charge < -0.3 is 15.6 Å². The van der Waals surface area contributed by atoms with Gasteiger partial charge in [0.2, 0.25) is 5.91 Å². The first-order valence-corrected chi connectivity index (χ1v) is 10.3. The molecule has 0 aliphatic heterocycles. The summed E-state index contributed by atoms with van der Waals surface area (Å²) >= 11 is 6.11. The Labute approximate surface area is 191 Å². The Hall–Kier alpha value is -3.69. The lowest BCUT2D eigenvalue weighted by Gasteiger charge is -2.10. The third-order valence-electron chi connectivity index (χ3n) is 4.79. The smallest absolute Gasteiger partial charge is 0.258 e. The van der Waals surface area contributed by atoms with E-state index in [1.165, 1.54) is 24.3 Å². The van der Waals surface area contributed by atoms with E-state index in [1.807, 2.05) is 0 Å². The Kier molecular flexibility index (Phi) is 6.43. The quantitative estimate of drug-likeness (QED) is 0.400. The van der Waals surface area contributed by atoms with Crippen LogP contribution in [0.25, 0.3) is 22.2 Å². The number of pyridine rings is 1. The van der Waals surface area contributed by atoms with Crippen molar-refractivity contribution in [2.75, 3.05) is 18.9 Å². The Balaban J connectivity index is 1.65. The molecule has 10 heteroatoms. The second-order valence-corrected chi connectivity index (χ2v) is 7.76. The van der Waals surface area contributed by atoms with Gasteiger partial charge in [0.1, 0.15) is 23.0 Å². The standard InChI is InChI=1S/C23H18ClF2N5O2/c1-27-11-21(32)29-19-8-14(24)7-17-22(19)30-20(31-23(17)33)4-12-2-3-18(28-10-12)13-5-15(25)9-16(26)6-13/h2-3,5-10,27H,4,11H2,1H3,(H,29,32)(H,30,31,33). The summed E-state index contributed by atoms with van der Waals surface area (Å²) in [5.74, 6) is -1.33. The van der Waals surface area contributed by atoms with Crippen molar-refractivity contribution in [3.63, 3.8) is 0 Å². The number of hydrogen-bond donors (Lipinski definition) is 3. The van der Waals surface area contributed by atoms with Gasteiger partial charge in [0, 0.05) is 29.3 Å². The number of fused-ring (bicyclic) bond motifs is 1. The molecule has 0 fully saturated rings. The van der Waals surface area contributed by atoms with E-state index in [0.29, 0.717) is 33.8 Å². The lowest BCUT2D eigenvalue weighted by molar-refractivity contribution is -0.115. The molecule has 0 radical (unpaired) electrons. The molecule has 0 aliphatic rings. The molecule has 3 N–H and O–H groups in total. The minimum Gasteiger partial charge on any atom is -0.323 e. The van der Waals surface area contributed by atoms with Crippen molar-refractivity contribution in [1.29, 1.82) is 0 Å². The van der Waals surface area contributed by atoms with Gasteiger partial charge >= 0.3 is 0 Å². The maximum Gasteiger partial charge on any atom is 0.258 e. The number of H-pyrrole nitrogens is 1. The highest BCUT2D eigenvalue weighted by atomic mass is 35.5. The van der Waals surface area contributed by atoms with Crippen molar-refractivity contribution in [3.05, 3.63) is 87.1 Å². The highest BCUT2D eigenvalue weighted by Crippen LogP contribution is 2.25. The van der Waals surface area contributed by atoms with Crippen LogP contribution in [-0.4, -0.2) is 34.5 Å². The Morgan fingerprint density at radius 2 is 1.88 bits per heavy atom. The van der Waals surface area contributed by atoms with Gasteiger partial charge in [-0.25, -0.2) is 13.8 Å². The molecule has 168 valence electrons. The fourth-order valence-corrected chi connectivity index (χ4v) is 3.60. The van der Waals surface area contributed by atoms with Crippen LogP contribution < -0.4 is 16.2 Å². The summed E-state index contributed by atoms with van der Waals surface area (Å²) < 4.78 is 27.0. The molecule has 7 nitrogen and oxygen atoms in total. The Bertz CT molecular complexity index is 1390. The number of nitrogens with one attached hydrogen (secondary N) is 3. The molecule has 1 amide bonds. The third-order valence-corrected chi connectivity index (χ3v) is 5.01. The van der Waals surface area contributed by atoms with E-state index in [0.717, 1.165) is 6.07 Å². The summed E-state index contributed by atoms with van der Waals surface area (Å²) in [6, 6.07) is 9.56. The first kappa shape index (κ1) is 22.5. The van der Waals surface area contributed by atoms with Gasteiger partial charge in [0.05, 0.1) is 23.3 Å². The molecule has 4 rings (SSSR count). The molecule has 0 bridgehead atoms. The van der Waals surface area contributed by atoms with Crippen molar-refractivity contribution in [2.24, 2.45) is 0 Å². The zero-order valence-electron chi connectivity index (χ0n) is 17.4. The van der Waals surface area contributed by atoms with Gasteiger partial charge in [-0.2, -0.15) is 0 Å². The number of nitrogens with zero attached hydrogens (tertiary/aromatic N) is 2. The van der Waals surface area contributed by atoms with Crippen LogP contribution in [0.1, 0.15) is 11.4 Å². The van der Waals surface area contributed by atoms with Crippen LogP contribution in [-0.2, 0) is 11.2 Å². The van der Waals surface area contributed by atoms with Crippen molar-refractivity contribution in [1.82, 2.24) is 20.3 Å². The van der Waals surface area contributed by atoms with Crippen LogP contribution in [0.5, 0.6) is 0 Å². The number of benzene rings is 2. The zero-order valence-corrected chi connectivity index (χ0v) is 18.1. The number of carbonyl (C=O) groups is 1. The number of aromatic amines is 1. The van der Waals surface area contributed by atoms with Gasteiger partial charge in [-0.05, 0) is 42.9 Å². The molecule has 0 saturated heterocycles. The number of rotatable bonds is 6. The topological polar surface area (TPSA) is 99.8 Å². The average Bonchev–Trinajstić information content (AvgIpc) is 2.74. The molecule has 2 heterocycles. The molecule has 33 heavy (non-hydrogen) atoms. The van der Waals surface area contributed by atoms with E-state index in [9.17, 15) is 18.4 Å². The van der Waals surface area contributed by atoms with Crippen LogP contribution in [0.4, 0.5) is 14.5 Å². The normalized spacial score (nSPS) is 11.0. The minimum absolute atomic E-state index is 0.0806. The summed E-state index contributed by atoms with van der Waals surface area (Å²) in [5, 5.41) is 5.98. The second kappa shape index (κ2) is 9.43. The molecule has 4 aromatic rings. The number of aromatic nitrogens is 3. The number of carbonyl (C=O) groups excluding carboxylic acids is 1. The SMILES string of the molecule is CNCC(=O)Nc1cc(Cl)cc2c(=O)[nH]c(Cc3ccc(-c4cc(F)cc(F)c4)nc3)nc12. The van der Waals surface area contributed by atoms with Crippen molar-refractivity contribution in [2.45, 2.75) is 6.42 Å².